The van der Waals surface area contributed by atoms with Gasteiger partial charge in [-0.25, -0.2) is 19.9 Å². The zero-order chi connectivity index (χ0) is 42.6. The van der Waals surface area contributed by atoms with Crippen molar-refractivity contribution < 1.29 is 41.6 Å². The van der Waals surface area contributed by atoms with E-state index in [0.717, 1.165) is 0 Å². The second-order valence-electron chi connectivity index (χ2n) is 14.0. The van der Waals surface area contributed by atoms with Crippen molar-refractivity contribution >= 4 is 141 Å². The number of carbonyl (C=O) groups excluding carboxylic acids is 4. The van der Waals surface area contributed by atoms with Crippen molar-refractivity contribution in [1.29, 1.82) is 0 Å². The number of benzene rings is 4. The van der Waals surface area contributed by atoms with Gasteiger partial charge in [0.05, 0.1) is 13.2 Å². The van der Waals surface area contributed by atoms with Gasteiger partial charge in [-0.1, -0.05) is 50.5 Å². The van der Waals surface area contributed by atoms with Gasteiger partial charge < -0.3 is 43.7 Å². The standard InChI is InChI=1S/C40H34N8O9S4/c49-33(41-21-1-5-25-29(13-21)54-37(58)45-25)9-19(10-34(50)42-22-2-6-26-30(14-22)55-38(59)46-26)17-53-18-20(11-35(51)43-23-3-7-27-31(15-23)56-39(60)47-27)12-36(52)44-24-4-8-28-32(16-24)57-40(61)48-28/h1-8,13-16,19-20H,9-12,17-18H2,(H,41,49)(H,42,50)(H,43,51)(H,44,52)(H,45,58)(H,46,59)(H,47,60)(H,48,61). The van der Waals surface area contributed by atoms with E-state index in [1.807, 2.05) is 0 Å². The molecule has 4 aromatic carbocycles. The molecule has 0 fully saturated rings. The van der Waals surface area contributed by atoms with E-state index in [4.69, 9.17) is 22.4 Å². The lowest BCUT2D eigenvalue weighted by molar-refractivity contribution is -0.120. The maximum atomic E-state index is 13.4. The van der Waals surface area contributed by atoms with Gasteiger partial charge in [-0.05, 0) is 60.4 Å². The lowest BCUT2D eigenvalue weighted by Gasteiger charge is -2.20. The number of carbonyl (C=O) groups is 4. The maximum Gasteiger partial charge on any atom is 0.253 e. The number of ether oxygens (including phenoxy) is 1. The first-order chi connectivity index (χ1) is 29.4. The molecule has 4 aromatic heterocycles. The fourth-order valence-electron chi connectivity index (χ4n) is 6.64. The summed E-state index contributed by atoms with van der Waals surface area (Å²) in [5.74, 6) is -2.87. The van der Waals surface area contributed by atoms with Crippen molar-refractivity contribution in [2.45, 2.75) is 46.6 Å². The summed E-state index contributed by atoms with van der Waals surface area (Å²) in [5.41, 5.74) is 5.84. The fraction of sp³-hybridized carbons (Fsp3) is 0.200. The number of oxazole rings is 4. The largest absolute Gasteiger partial charge is 0.431 e. The van der Waals surface area contributed by atoms with Crippen LogP contribution in [0.4, 0.5) is 22.7 Å². The Hall–Kier alpha value is -6.00. The zero-order valence-electron chi connectivity index (χ0n) is 31.6. The summed E-state index contributed by atoms with van der Waals surface area (Å²) in [4.78, 5) is 70.4. The third-order valence-electron chi connectivity index (χ3n) is 9.25. The van der Waals surface area contributed by atoms with E-state index >= 15 is 0 Å². The van der Waals surface area contributed by atoms with Crippen LogP contribution in [0.15, 0.2) is 111 Å². The zero-order valence-corrected chi connectivity index (χ0v) is 35.2. The number of rotatable bonds is 16. The Morgan fingerprint density at radius 1 is 0.443 bits per heavy atom. The van der Waals surface area contributed by atoms with Crippen LogP contribution in [0.3, 0.4) is 0 Å². The van der Waals surface area contributed by atoms with Gasteiger partial charge in [0, 0.05) is 72.7 Å². The molecule has 61 heavy (non-hydrogen) atoms. The highest BCUT2D eigenvalue weighted by molar-refractivity contribution is 7.80. The molecule has 17 nitrogen and oxygen atoms in total. The van der Waals surface area contributed by atoms with Gasteiger partial charge in [-0.2, -0.15) is 0 Å². The van der Waals surface area contributed by atoms with E-state index in [0.29, 0.717) is 67.1 Å². The number of nitrogens with one attached hydrogen (secondary N) is 4. The van der Waals surface area contributed by atoms with Crippen LogP contribution in [0, 0.1) is 11.8 Å². The summed E-state index contributed by atoms with van der Waals surface area (Å²) < 4.78 is 28.1. The highest BCUT2D eigenvalue weighted by atomic mass is 32.1. The van der Waals surface area contributed by atoms with Crippen LogP contribution < -0.4 is 21.3 Å². The monoisotopic (exact) mass is 898 g/mol. The minimum Gasteiger partial charge on any atom is -0.431 e. The molecule has 8 rings (SSSR count). The summed E-state index contributed by atoms with van der Waals surface area (Å²) in [5, 5.41) is 12.1. The number of aromatic nitrogens is 4. The second-order valence-corrected chi connectivity index (χ2v) is 15.5. The van der Waals surface area contributed by atoms with Crippen molar-refractivity contribution in [2.75, 3.05) is 34.5 Å². The molecule has 0 bridgehead atoms. The molecule has 312 valence electrons. The molecule has 0 saturated heterocycles. The van der Waals surface area contributed by atoms with Crippen molar-refractivity contribution in [1.82, 2.24) is 19.9 Å². The first-order valence-electron chi connectivity index (χ1n) is 18.5. The Morgan fingerprint density at radius 2 is 0.689 bits per heavy atom. The lowest BCUT2D eigenvalue weighted by atomic mass is 9.99. The first kappa shape index (κ1) is 41.7. The van der Waals surface area contributed by atoms with Gasteiger partial charge in [0.2, 0.25) is 23.6 Å². The first-order valence-corrected chi connectivity index (χ1v) is 20.3. The van der Waals surface area contributed by atoms with Gasteiger partial charge in [0.1, 0.15) is 22.1 Å². The van der Waals surface area contributed by atoms with Crippen LogP contribution >= 0.6 is 50.5 Å². The van der Waals surface area contributed by atoms with E-state index in [1.54, 1.807) is 72.8 Å². The smallest absolute Gasteiger partial charge is 0.253 e. The summed E-state index contributed by atoms with van der Waals surface area (Å²) in [7, 11) is 0. The third kappa shape index (κ3) is 10.9. The van der Waals surface area contributed by atoms with Crippen LogP contribution in [0.5, 0.6) is 0 Å². The highest BCUT2D eigenvalue weighted by Crippen LogP contribution is 2.27. The predicted octanol–water partition coefficient (Wildman–Crippen LogP) is 8.07. The van der Waals surface area contributed by atoms with Crippen molar-refractivity contribution in [3.63, 3.8) is 0 Å². The minimum absolute atomic E-state index is 0.0721. The van der Waals surface area contributed by atoms with E-state index < -0.39 is 35.5 Å². The Balaban J connectivity index is 0.957. The minimum atomic E-state index is -0.643. The number of hydrogen-bond acceptors (Lipinski definition) is 17. The molecule has 4 N–H and O–H groups in total. The number of amides is 4. The molecule has 0 atom stereocenters. The van der Waals surface area contributed by atoms with E-state index in [9.17, 15) is 19.2 Å². The van der Waals surface area contributed by atoms with Crippen LogP contribution in [-0.4, -0.2) is 56.8 Å². The number of anilines is 4. The van der Waals surface area contributed by atoms with Gasteiger partial charge in [-0.15, -0.1) is 0 Å². The quantitative estimate of drug-likeness (QED) is 0.0430. The second kappa shape index (κ2) is 18.3. The van der Waals surface area contributed by atoms with Crippen LogP contribution in [-0.2, 0) is 23.9 Å². The molecule has 0 aliphatic rings. The Kier molecular flexibility index (Phi) is 12.5. The van der Waals surface area contributed by atoms with Gasteiger partial charge >= 0.3 is 0 Å². The molecular formula is C40H34N8O9S4. The molecule has 0 aliphatic heterocycles. The topological polar surface area (TPSA) is 230 Å². The average molecular weight is 899 g/mol. The van der Waals surface area contributed by atoms with E-state index in [2.05, 4.69) is 91.7 Å². The maximum absolute atomic E-state index is 13.4. The number of fused-ring (bicyclic) bond motifs is 4. The lowest BCUT2D eigenvalue weighted by Crippen LogP contribution is -2.28. The van der Waals surface area contributed by atoms with Gasteiger partial charge in [-0.3, -0.25) is 19.2 Å². The van der Waals surface area contributed by atoms with Crippen LogP contribution in [0.1, 0.15) is 25.7 Å². The molecule has 0 aliphatic carbocycles. The Morgan fingerprint density at radius 3 is 0.934 bits per heavy atom. The van der Waals surface area contributed by atoms with Gasteiger partial charge in [0.25, 0.3) is 20.9 Å². The third-order valence-corrected chi connectivity index (χ3v) is 10.0. The summed E-state index contributed by atoms with van der Waals surface area (Å²) in [6.07, 6.45) is -0.477. The molecule has 4 amide bonds. The molecule has 0 saturated carbocycles. The number of nitrogens with zero attached hydrogens (tertiary/aromatic N) is 4. The summed E-state index contributed by atoms with van der Waals surface area (Å²) in [6, 6.07) is 19.9. The molecule has 4 heterocycles. The molecule has 8 aromatic rings. The predicted molar refractivity (Wildman–Crippen MR) is 236 cm³/mol. The fourth-order valence-corrected chi connectivity index (χ4v) is 7.46. The SMILES string of the molecule is O=C(CC(COCC(CC(=O)Nc1ccc2nc(S)oc2c1)CC(=O)Nc1ccc2nc(S)oc2c1)CC(=O)Nc1ccc2nc(S)oc2c1)Nc1ccc2nc(S)oc2c1. The Bertz CT molecular complexity index is 2560. The normalized spacial score (nSPS) is 11.6. The van der Waals surface area contributed by atoms with Crippen LogP contribution in [0.25, 0.3) is 44.4 Å². The number of hydrogen-bond donors (Lipinski definition) is 8. The van der Waals surface area contributed by atoms with E-state index in [-0.39, 0.29) is 59.8 Å². The summed E-state index contributed by atoms with van der Waals surface area (Å²) >= 11 is 16.6. The van der Waals surface area contributed by atoms with Gasteiger partial charge in [0.15, 0.2) is 22.3 Å². The van der Waals surface area contributed by atoms with Crippen molar-refractivity contribution in [2.24, 2.45) is 11.8 Å². The number of thiol groups is 4. The average Bonchev–Trinajstić information content (AvgIpc) is 3.96. The van der Waals surface area contributed by atoms with Crippen molar-refractivity contribution in [3.8, 4) is 0 Å². The highest BCUT2D eigenvalue weighted by Gasteiger charge is 2.23. The molecule has 0 unspecified atom stereocenters. The van der Waals surface area contributed by atoms with Crippen LogP contribution in [0.2, 0.25) is 0 Å². The molecular weight excluding hydrogens is 865 g/mol. The molecule has 0 spiro atoms. The molecule has 21 heteroatoms. The Labute approximate surface area is 366 Å². The summed E-state index contributed by atoms with van der Waals surface area (Å²) in [6.45, 7) is -0.144. The van der Waals surface area contributed by atoms with E-state index in [1.165, 1.54) is 0 Å². The molecule has 0 radical (unpaired) electrons. The van der Waals surface area contributed by atoms with Crippen molar-refractivity contribution in [3.05, 3.63) is 72.8 Å².